The number of rotatable bonds is 3. The van der Waals surface area contributed by atoms with Crippen LogP contribution in [0.3, 0.4) is 0 Å². The van der Waals surface area contributed by atoms with E-state index in [1.807, 2.05) is 41.9 Å². The van der Waals surface area contributed by atoms with Crippen molar-refractivity contribution in [2.24, 2.45) is 0 Å². The highest BCUT2D eigenvalue weighted by Gasteiger charge is 2.23. The lowest BCUT2D eigenvalue weighted by Gasteiger charge is -2.08. The van der Waals surface area contributed by atoms with Crippen LogP contribution < -0.4 is 5.32 Å². The maximum Gasteiger partial charge on any atom is 0.133 e. The lowest BCUT2D eigenvalue weighted by Crippen LogP contribution is -2.05. The molecular weight excluding hydrogens is 325 g/mol. The molecule has 0 atom stereocenters. The molecule has 3 aromatic rings. The van der Waals surface area contributed by atoms with E-state index in [-0.39, 0.29) is 5.82 Å². The summed E-state index contributed by atoms with van der Waals surface area (Å²) in [4.78, 5) is 0. The molecule has 0 saturated carbocycles. The van der Waals surface area contributed by atoms with Gasteiger partial charge < -0.3 is 5.32 Å². The molecule has 1 aromatic heterocycles. The van der Waals surface area contributed by atoms with Gasteiger partial charge in [-0.05, 0) is 48.7 Å². The average Bonchev–Trinajstić information content (AvgIpc) is 3.16. The number of nitrogens with zero attached hydrogens (tertiary/aromatic N) is 2. The highest BCUT2D eigenvalue weighted by molar-refractivity contribution is 6.31. The van der Waals surface area contributed by atoms with E-state index in [1.54, 1.807) is 0 Å². The number of nitrogens with one attached hydrogen (secondary N) is 1. The van der Waals surface area contributed by atoms with Gasteiger partial charge in [0.2, 0.25) is 0 Å². The maximum absolute atomic E-state index is 13.1. The molecule has 4 rings (SSSR count). The minimum atomic E-state index is -0.217. The predicted molar refractivity (Wildman–Crippen MR) is 94.7 cm³/mol. The molecular formula is C19H17ClFN3. The molecule has 2 heterocycles. The summed E-state index contributed by atoms with van der Waals surface area (Å²) >= 11 is 6.27. The zero-order valence-corrected chi connectivity index (χ0v) is 14.1. The van der Waals surface area contributed by atoms with Crippen molar-refractivity contribution in [1.82, 2.24) is 9.78 Å². The summed E-state index contributed by atoms with van der Waals surface area (Å²) in [5.74, 6) is 0.817. The third-order valence-corrected chi connectivity index (χ3v) is 4.83. The molecule has 0 unspecified atom stereocenters. The monoisotopic (exact) mass is 341 g/mol. The van der Waals surface area contributed by atoms with Gasteiger partial charge in [0.15, 0.2) is 0 Å². The van der Waals surface area contributed by atoms with Crippen molar-refractivity contribution in [3.05, 3.63) is 75.7 Å². The minimum absolute atomic E-state index is 0.217. The van der Waals surface area contributed by atoms with Gasteiger partial charge in [-0.3, -0.25) is 0 Å². The van der Waals surface area contributed by atoms with E-state index in [0.29, 0.717) is 6.42 Å². The van der Waals surface area contributed by atoms with Gasteiger partial charge >= 0.3 is 0 Å². The van der Waals surface area contributed by atoms with Crippen LogP contribution in [0.25, 0.3) is 5.69 Å². The molecule has 1 aliphatic rings. The van der Waals surface area contributed by atoms with E-state index in [9.17, 15) is 4.39 Å². The summed E-state index contributed by atoms with van der Waals surface area (Å²) in [6.07, 6.45) is 1.64. The Morgan fingerprint density at radius 2 is 2.00 bits per heavy atom. The molecule has 24 heavy (non-hydrogen) atoms. The average molecular weight is 342 g/mol. The number of fused-ring (bicyclic) bond motifs is 1. The van der Waals surface area contributed by atoms with Crippen LogP contribution >= 0.6 is 11.6 Å². The Morgan fingerprint density at radius 3 is 2.75 bits per heavy atom. The topological polar surface area (TPSA) is 29.9 Å². The molecule has 122 valence electrons. The van der Waals surface area contributed by atoms with Gasteiger partial charge in [-0.1, -0.05) is 29.8 Å². The second-order valence-corrected chi connectivity index (χ2v) is 6.51. The van der Waals surface area contributed by atoms with Crippen molar-refractivity contribution < 1.29 is 4.39 Å². The highest BCUT2D eigenvalue weighted by atomic mass is 35.5. The molecule has 1 aliphatic heterocycles. The van der Waals surface area contributed by atoms with E-state index in [4.69, 9.17) is 16.7 Å². The van der Waals surface area contributed by atoms with Gasteiger partial charge in [0.1, 0.15) is 11.6 Å². The summed E-state index contributed by atoms with van der Waals surface area (Å²) in [7, 11) is 0. The summed E-state index contributed by atoms with van der Waals surface area (Å²) in [6.45, 7) is 2.89. The normalized spacial score (nSPS) is 13.0. The first kappa shape index (κ1) is 15.2. The standard InChI is InChI=1S/C19H17ClFN3/c1-12-2-7-15(11-17(12)20)24-19-16(8-9-22-19)18(23-24)10-13-3-5-14(21)6-4-13/h2-7,11,22H,8-10H2,1H3. The van der Waals surface area contributed by atoms with Crippen molar-refractivity contribution in [1.29, 1.82) is 0 Å². The van der Waals surface area contributed by atoms with Gasteiger partial charge in [0, 0.05) is 23.6 Å². The Bertz CT molecular complexity index is 900. The molecule has 2 aromatic carbocycles. The Labute approximate surface area is 145 Å². The van der Waals surface area contributed by atoms with E-state index < -0.39 is 0 Å². The molecule has 5 heteroatoms. The summed E-state index contributed by atoms with van der Waals surface area (Å²) in [5, 5.41) is 8.94. The van der Waals surface area contributed by atoms with Crippen LogP contribution in [0.15, 0.2) is 42.5 Å². The van der Waals surface area contributed by atoms with Crippen LogP contribution in [0.5, 0.6) is 0 Å². The SMILES string of the molecule is Cc1ccc(-n2nc(Cc3ccc(F)cc3)c3c2NCC3)cc1Cl. The number of benzene rings is 2. The van der Waals surface area contributed by atoms with Crippen LogP contribution in [0.4, 0.5) is 10.2 Å². The molecule has 0 saturated heterocycles. The molecule has 0 aliphatic carbocycles. The Morgan fingerprint density at radius 1 is 1.21 bits per heavy atom. The summed E-state index contributed by atoms with van der Waals surface area (Å²) < 4.78 is 15.0. The van der Waals surface area contributed by atoms with E-state index in [2.05, 4.69) is 5.32 Å². The molecule has 0 amide bonds. The third kappa shape index (κ3) is 2.67. The number of anilines is 1. The van der Waals surface area contributed by atoms with Crippen molar-refractivity contribution in [3.8, 4) is 5.69 Å². The molecule has 3 nitrogen and oxygen atoms in total. The lowest BCUT2D eigenvalue weighted by atomic mass is 10.1. The van der Waals surface area contributed by atoms with Crippen molar-refractivity contribution in [2.45, 2.75) is 19.8 Å². The van der Waals surface area contributed by atoms with Gasteiger partial charge in [-0.15, -0.1) is 0 Å². The Hall–Kier alpha value is -2.33. The fourth-order valence-corrected chi connectivity index (χ4v) is 3.26. The van der Waals surface area contributed by atoms with Crippen LogP contribution in [0, 0.1) is 12.7 Å². The van der Waals surface area contributed by atoms with Crippen LogP contribution in [-0.4, -0.2) is 16.3 Å². The fourth-order valence-electron chi connectivity index (χ4n) is 3.08. The van der Waals surface area contributed by atoms with Crippen molar-refractivity contribution >= 4 is 17.4 Å². The number of halogens is 2. The van der Waals surface area contributed by atoms with Crippen LogP contribution in [0.2, 0.25) is 5.02 Å². The highest BCUT2D eigenvalue weighted by Crippen LogP contribution is 2.31. The predicted octanol–water partition coefficient (Wildman–Crippen LogP) is 4.53. The minimum Gasteiger partial charge on any atom is -0.369 e. The van der Waals surface area contributed by atoms with Gasteiger partial charge in [-0.25, -0.2) is 9.07 Å². The summed E-state index contributed by atoms with van der Waals surface area (Å²) in [6, 6.07) is 12.6. The number of hydrogen-bond acceptors (Lipinski definition) is 2. The van der Waals surface area contributed by atoms with E-state index in [1.165, 1.54) is 17.7 Å². The number of hydrogen-bond donors (Lipinski definition) is 1. The Balaban J connectivity index is 1.74. The van der Waals surface area contributed by atoms with Crippen LogP contribution in [-0.2, 0) is 12.8 Å². The number of aryl methyl sites for hydroxylation is 1. The first-order valence-corrected chi connectivity index (χ1v) is 8.35. The van der Waals surface area contributed by atoms with E-state index >= 15 is 0 Å². The van der Waals surface area contributed by atoms with Crippen molar-refractivity contribution in [3.63, 3.8) is 0 Å². The Kier molecular flexibility index (Phi) is 3.77. The molecule has 0 bridgehead atoms. The largest absolute Gasteiger partial charge is 0.369 e. The second kappa shape index (κ2) is 5.95. The quantitative estimate of drug-likeness (QED) is 0.758. The van der Waals surface area contributed by atoms with E-state index in [0.717, 1.165) is 46.3 Å². The first-order chi connectivity index (χ1) is 11.6. The third-order valence-electron chi connectivity index (χ3n) is 4.42. The molecule has 0 radical (unpaired) electrons. The van der Waals surface area contributed by atoms with Gasteiger partial charge in [0.25, 0.3) is 0 Å². The fraction of sp³-hybridized carbons (Fsp3) is 0.211. The smallest absolute Gasteiger partial charge is 0.133 e. The number of aromatic nitrogens is 2. The molecule has 1 N–H and O–H groups in total. The van der Waals surface area contributed by atoms with Gasteiger partial charge in [0.05, 0.1) is 11.4 Å². The van der Waals surface area contributed by atoms with Gasteiger partial charge in [-0.2, -0.15) is 5.10 Å². The zero-order valence-electron chi connectivity index (χ0n) is 13.3. The second-order valence-electron chi connectivity index (χ2n) is 6.10. The lowest BCUT2D eigenvalue weighted by molar-refractivity contribution is 0.627. The molecule has 0 spiro atoms. The van der Waals surface area contributed by atoms with Crippen molar-refractivity contribution in [2.75, 3.05) is 11.9 Å². The summed E-state index contributed by atoms with van der Waals surface area (Å²) in [5.41, 5.74) is 5.30. The first-order valence-electron chi connectivity index (χ1n) is 7.97. The zero-order chi connectivity index (χ0) is 16.7. The molecule has 0 fully saturated rings. The van der Waals surface area contributed by atoms with Crippen LogP contribution in [0.1, 0.15) is 22.4 Å². The maximum atomic E-state index is 13.1.